The lowest BCUT2D eigenvalue weighted by Crippen LogP contribution is -2.27. The van der Waals surface area contributed by atoms with Crippen LogP contribution in [0.2, 0.25) is 0 Å². The Hall–Kier alpha value is -1.16. The van der Waals surface area contributed by atoms with Gasteiger partial charge in [0, 0.05) is 12.3 Å². The van der Waals surface area contributed by atoms with Crippen molar-refractivity contribution in [3.63, 3.8) is 0 Å². The number of hydrogen-bond donors (Lipinski definition) is 1. The van der Waals surface area contributed by atoms with Crippen molar-refractivity contribution in [1.29, 1.82) is 0 Å². The average molecular weight is 250 g/mol. The number of hydrogen-bond acceptors (Lipinski definition) is 4. The van der Waals surface area contributed by atoms with Crippen molar-refractivity contribution < 1.29 is 4.74 Å². The molecule has 1 aliphatic heterocycles. The van der Waals surface area contributed by atoms with Crippen molar-refractivity contribution in [2.24, 2.45) is 4.99 Å². The molecule has 1 aromatic carbocycles. The Kier molecular flexibility index (Phi) is 4.74. The third kappa shape index (κ3) is 4.30. The number of nitrogens with zero attached hydrogens (tertiary/aromatic N) is 1. The zero-order valence-corrected chi connectivity index (χ0v) is 10.9. The van der Waals surface area contributed by atoms with Gasteiger partial charge in [-0.15, -0.1) is 0 Å². The molecule has 0 fully saturated rings. The van der Waals surface area contributed by atoms with E-state index in [1.54, 1.807) is 11.8 Å². The molecule has 1 N–H and O–H groups in total. The number of aliphatic imine (C=N–C) groups is 1. The van der Waals surface area contributed by atoms with Gasteiger partial charge in [0.25, 0.3) is 0 Å². The molecule has 0 atom stereocenters. The van der Waals surface area contributed by atoms with Crippen LogP contribution in [0.3, 0.4) is 0 Å². The van der Waals surface area contributed by atoms with Crippen LogP contribution in [0.25, 0.3) is 0 Å². The van der Waals surface area contributed by atoms with Gasteiger partial charge in [0.15, 0.2) is 5.17 Å². The smallest absolute Gasteiger partial charge is 0.156 e. The monoisotopic (exact) mass is 250 g/mol. The molecule has 17 heavy (non-hydrogen) atoms. The zero-order chi connectivity index (χ0) is 11.9. The van der Waals surface area contributed by atoms with E-state index in [9.17, 15) is 0 Å². The predicted octanol–water partition coefficient (Wildman–Crippen LogP) is 2.46. The fourth-order valence-corrected chi connectivity index (χ4v) is 2.45. The standard InChI is InChI=1S/C13H18N2OS/c1-11-4-2-5-12(10-11)16-8-7-15-13-14-6-3-9-17-13/h2,4-5,10H,3,6-9H2,1H3,(H,14,15). The molecule has 92 valence electrons. The highest BCUT2D eigenvalue weighted by Crippen LogP contribution is 2.12. The molecule has 0 saturated heterocycles. The number of rotatable bonds is 4. The van der Waals surface area contributed by atoms with E-state index in [4.69, 9.17) is 4.74 Å². The Morgan fingerprint density at radius 1 is 1.47 bits per heavy atom. The summed E-state index contributed by atoms with van der Waals surface area (Å²) in [5, 5.41) is 4.35. The average Bonchev–Trinajstić information content (AvgIpc) is 2.36. The van der Waals surface area contributed by atoms with Gasteiger partial charge in [0.1, 0.15) is 12.4 Å². The van der Waals surface area contributed by atoms with Crippen LogP contribution >= 0.6 is 11.8 Å². The van der Waals surface area contributed by atoms with Gasteiger partial charge < -0.3 is 10.1 Å². The summed E-state index contributed by atoms with van der Waals surface area (Å²) >= 11 is 1.80. The lowest BCUT2D eigenvalue weighted by Gasteiger charge is -2.13. The highest BCUT2D eigenvalue weighted by atomic mass is 32.2. The maximum atomic E-state index is 5.65. The molecule has 0 bridgehead atoms. The van der Waals surface area contributed by atoms with Crippen LogP contribution in [0.5, 0.6) is 5.75 Å². The Labute approximate surface area is 107 Å². The summed E-state index contributed by atoms with van der Waals surface area (Å²) in [4.78, 5) is 4.40. The van der Waals surface area contributed by atoms with Gasteiger partial charge in [0.2, 0.25) is 0 Å². The minimum absolute atomic E-state index is 0.670. The predicted molar refractivity (Wildman–Crippen MR) is 74.1 cm³/mol. The second-order valence-corrected chi connectivity index (χ2v) is 5.06. The normalized spacial score (nSPS) is 15.2. The lowest BCUT2D eigenvalue weighted by molar-refractivity contribution is 0.322. The number of nitrogens with one attached hydrogen (secondary N) is 1. The van der Waals surface area contributed by atoms with Crippen LogP contribution in [0.1, 0.15) is 12.0 Å². The van der Waals surface area contributed by atoms with Gasteiger partial charge in [-0.05, 0) is 31.0 Å². The minimum atomic E-state index is 0.670. The van der Waals surface area contributed by atoms with E-state index in [0.717, 1.165) is 24.0 Å². The fraction of sp³-hybridized carbons (Fsp3) is 0.462. The molecule has 2 rings (SSSR count). The molecule has 0 aliphatic carbocycles. The molecule has 0 amide bonds. The fourth-order valence-electron chi connectivity index (χ4n) is 1.60. The number of benzene rings is 1. The summed E-state index contributed by atoms with van der Waals surface area (Å²) in [6, 6.07) is 8.12. The van der Waals surface area contributed by atoms with Gasteiger partial charge in [0.05, 0.1) is 6.54 Å². The quantitative estimate of drug-likeness (QED) is 0.833. The van der Waals surface area contributed by atoms with Gasteiger partial charge in [-0.1, -0.05) is 23.9 Å². The van der Waals surface area contributed by atoms with Gasteiger partial charge in [-0.3, -0.25) is 4.99 Å². The van der Waals surface area contributed by atoms with E-state index in [-0.39, 0.29) is 0 Å². The summed E-state index contributed by atoms with van der Waals surface area (Å²) in [7, 11) is 0. The Morgan fingerprint density at radius 3 is 3.18 bits per heavy atom. The van der Waals surface area contributed by atoms with Gasteiger partial charge in [-0.25, -0.2) is 0 Å². The maximum Gasteiger partial charge on any atom is 0.156 e. The maximum absolute atomic E-state index is 5.65. The number of amidine groups is 1. The van der Waals surface area contributed by atoms with E-state index < -0.39 is 0 Å². The largest absolute Gasteiger partial charge is 0.492 e. The van der Waals surface area contributed by atoms with Crippen molar-refractivity contribution in [3.8, 4) is 5.75 Å². The van der Waals surface area contributed by atoms with E-state index >= 15 is 0 Å². The molecule has 1 heterocycles. The van der Waals surface area contributed by atoms with Crippen LogP contribution < -0.4 is 10.1 Å². The van der Waals surface area contributed by atoms with E-state index in [2.05, 4.69) is 23.3 Å². The molecule has 0 unspecified atom stereocenters. The molecule has 1 aliphatic rings. The summed E-state index contributed by atoms with van der Waals surface area (Å²) < 4.78 is 5.65. The van der Waals surface area contributed by atoms with Gasteiger partial charge >= 0.3 is 0 Å². The molecule has 1 aromatic rings. The highest BCUT2D eigenvalue weighted by Gasteiger charge is 2.04. The first-order valence-electron chi connectivity index (χ1n) is 5.95. The summed E-state index contributed by atoms with van der Waals surface area (Å²) in [5.41, 5.74) is 1.22. The van der Waals surface area contributed by atoms with Crippen molar-refractivity contribution in [2.75, 3.05) is 25.4 Å². The first-order valence-corrected chi connectivity index (χ1v) is 6.94. The molecule has 0 radical (unpaired) electrons. The van der Waals surface area contributed by atoms with Crippen LogP contribution in [0.4, 0.5) is 0 Å². The van der Waals surface area contributed by atoms with E-state index in [1.807, 2.05) is 18.2 Å². The Bertz CT molecular complexity index is 393. The highest BCUT2D eigenvalue weighted by molar-refractivity contribution is 8.13. The first kappa shape index (κ1) is 12.3. The molecular weight excluding hydrogens is 232 g/mol. The van der Waals surface area contributed by atoms with Crippen molar-refractivity contribution in [3.05, 3.63) is 29.8 Å². The lowest BCUT2D eigenvalue weighted by atomic mass is 10.2. The third-order valence-corrected chi connectivity index (χ3v) is 3.47. The van der Waals surface area contributed by atoms with E-state index in [0.29, 0.717) is 6.61 Å². The van der Waals surface area contributed by atoms with Crippen molar-refractivity contribution in [2.45, 2.75) is 13.3 Å². The Morgan fingerprint density at radius 2 is 2.41 bits per heavy atom. The number of ether oxygens (including phenoxy) is 1. The second-order valence-electron chi connectivity index (χ2n) is 3.98. The van der Waals surface area contributed by atoms with Crippen LogP contribution in [-0.2, 0) is 0 Å². The van der Waals surface area contributed by atoms with Crippen LogP contribution in [0, 0.1) is 6.92 Å². The zero-order valence-electron chi connectivity index (χ0n) is 10.1. The SMILES string of the molecule is Cc1cccc(OCCNC2=NCCCS2)c1. The first-order chi connectivity index (χ1) is 8.34. The molecular formula is C13H18N2OS. The van der Waals surface area contributed by atoms with Crippen LogP contribution in [0.15, 0.2) is 29.3 Å². The minimum Gasteiger partial charge on any atom is -0.492 e. The molecule has 3 nitrogen and oxygen atoms in total. The topological polar surface area (TPSA) is 33.6 Å². The molecule has 0 aromatic heterocycles. The summed E-state index contributed by atoms with van der Waals surface area (Å²) in [6.45, 7) is 4.50. The van der Waals surface area contributed by atoms with Crippen LogP contribution in [-0.4, -0.2) is 30.6 Å². The van der Waals surface area contributed by atoms with Crippen molar-refractivity contribution >= 4 is 16.9 Å². The summed E-state index contributed by atoms with van der Waals surface area (Å²) in [6.07, 6.45) is 1.19. The van der Waals surface area contributed by atoms with Gasteiger partial charge in [-0.2, -0.15) is 0 Å². The number of aryl methyl sites for hydroxylation is 1. The third-order valence-electron chi connectivity index (χ3n) is 2.43. The molecule has 0 saturated carbocycles. The second kappa shape index (κ2) is 6.55. The molecule has 0 spiro atoms. The number of thioether (sulfide) groups is 1. The summed E-state index contributed by atoms with van der Waals surface area (Å²) in [5.74, 6) is 2.11. The van der Waals surface area contributed by atoms with E-state index in [1.165, 1.54) is 17.7 Å². The Balaban J connectivity index is 1.67. The molecule has 4 heteroatoms. The van der Waals surface area contributed by atoms with Crippen molar-refractivity contribution in [1.82, 2.24) is 5.32 Å².